The van der Waals surface area contributed by atoms with E-state index in [0.29, 0.717) is 11.5 Å². The minimum absolute atomic E-state index is 0.691. The summed E-state index contributed by atoms with van der Waals surface area (Å²) in [4.78, 5) is 0. The predicted molar refractivity (Wildman–Crippen MR) is 90.6 cm³/mol. The predicted octanol–water partition coefficient (Wildman–Crippen LogP) is 3.58. The van der Waals surface area contributed by atoms with Gasteiger partial charge in [0.1, 0.15) is 11.3 Å². The number of aromatic nitrogens is 2. The number of hydrogen-bond acceptors (Lipinski definition) is 4. The monoisotopic (exact) mass is 302 g/mol. The Labute approximate surface area is 132 Å². The SMILES string of the molecule is N/N=C\c1cn(-c2ccccc2)nc1-c1cc2ccccc2o1. The Kier molecular flexibility index (Phi) is 3.16. The van der Waals surface area contributed by atoms with Gasteiger partial charge in [-0.1, -0.05) is 36.4 Å². The lowest BCUT2D eigenvalue weighted by atomic mass is 10.2. The van der Waals surface area contributed by atoms with Crippen LogP contribution in [0.25, 0.3) is 28.1 Å². The Balaban J connectivity index is 1.88. The van der Waals surface area contributed by atoms with Crippen LogP contribution in [0.4, 0.5) is 0 Å². The topological polar surface area (TPSA) is 69.3 Å². The number of nitrogens with two attached hydrogens (primary N) is 1. The first-order chi connectivity index (χ1) is 11.3. The number of rotatable bonds is 3. The third-order valence-corrected chi connectivity index (χ3v) is 3.64. The van der Waals surface area contributed by atoms with Gasteiger partial charge in [0.25, 0.3) is 0 Å². The summed E-state index contributed by atoms with van der Waals surface area (Å²) in [6, 6.07) is 19.7. The highest BCUT2D eigenvalue weighted by atomic mass is 16.3. The molecular weight excluding hydrogens is 288 g/mol. The van der Waals surface area contributed by atoms with E-state index in [1.54, 1.807) is 10.9 Å². The van der Waals surface area contributed by atoms with E-state index in [-0.39, 0.29) is 0 Å². The molecule has 0 radical (unpaired) electrons. The van der Waals surface area contributed by atoms with Crippen molar-refractivity contribution in [3.8, 4) is 17.1 Å². The highest BCUT2D eigenvalue weighted by Crippen LogP contribution is 2.29. The van der Waals surface area contributed by atoms with Crippen LogP contribution in [0.2, 0.25) is 0 Å². The van der Waals surface area contributed by atoms with Crippen LogP contribution in [0.15, 0.2) is 76.4 Å². The van der Waals surface area contributed by atoms with Gasteiger partial charge >= 0.3 is 0 Å². The van der Waals surface area contributed by atoms with E-state index in [1.165, 1.54) is 0 Å². The molecule has 0 saturated carbocycles. The van der Waals surface area contributed by atoms with Crippen LogP contribution in [-0.4, -0.2) is 16.0 Å². The number of nitrogens with zero attached hydrogens (tertiary/aromatic N) is 3. The normalized spacial score (nSPS) is 11.5. The van der Waals surface area contributed by atoms with E-state index in [9.17, 15) is 0 Å². The van der Waals surface area contributed by atoms with Crippen molar-refractivity contribution in [3.63, 3.8) is 0 Å². The smallest absolute Gasteiger partial charge is 0.156 e. The first kappa shape index (κ1) is 13.3. The molecule has 0 atom stereocenters. The number of hydrazone groups is 1. The van der Waals surface area contributed by atoms with E-state index in [0.717, 1.165) is 22.2 Å². The number of furan rings is 1. The molecule has 2 N–H and O–H groups in total. The highest BCUT2D eigenvalue weighted by Gasteiger charge is 2.15. The maximum absolute atomic E-state index is 5.91. The maximum atomic E-state index is 5.91. The van der Waals surface area contributed by atoms with Crippen LogP contribution < -0.4 is 5.84 Å². The summed E-state index contributed by atoms with van der Waals surface area (Å²) >= 11 is 0. The summed E-state index contributed by atoms with van der Waals surface area (Å²) in [5, 5.41) is 9.31. The van der Waals surface area contributed by atoms with E-state index in [1.807, 2.05) is 66.9 Å². The standard InChI is InChI=1S/C18H14N4O/c19-20-11-14-12-22(15-7-2-1-3-8-15)21-18(14)17-10-13-6-4-5-9-16(13)23-17/h1-12H,19H2/b20-11-. The van der Waals surface area contributed by atoms with Crippen molar-refractivity contribution in [1.82, 2.24) is 9.78 Å². The molecule has 0 aliphatic rings. The van der Waals surface area contributed by atoms with Crippen molar-refractivity contribution < 1.29 is 4.42 Å². The van der Waals surface area contributed by atoms with Crippen molar-refractivity contribution in [3.05, 3.63) is 72.4 Å². The number of para-hydroxylation sites is 2. The molecule has 112 valence electrons. The molecule has 5 nitrogen and oxygen atoms in total. The summed E-state index contributed by atoms with van der Waals surface area (Å²) in [7, 11) is 0. The molecule has 0 unspecified atom stereocenters. The van der Waals surface area contributed by atoms with Gasteiger partial charge in [-0.25, -0.2) is 4.68 Å². The fourth-order valence-corrected chi connectivity index (χ4v) is 2.57. The number of fused-ring (bicyclic) bond motifs is 1. The molecule has 0 fully saturated rings. The Morgan fingerprint density at radius 1 is 1.04 bits per heavy atom. The summed E-state index contributed by atoms with van der Waals surface area (Å²) in [5.41, 5.74) is 3.29. The van der Waals surface area contributed by atoms with Crippen molar-refractivity contribution in [2.75, 3.05) is 0 Å². The molecular formula is C18H14N4O. The van der Waals surface area contributed by atoms with Crippen molar-refractivity contribution >= 4 is 17.2 Å². The second-order valence-electron chi connectivity index (χ2n) is 5.14. The van der Waals surface area contributed by atoms with Gasteiger partial charge in [-0.15, -0.1) is 0 Å². The van der Waals surface area contributed by atoms with Crippen LogP contribution in [0.1, 0.15) is 5.56 Å². The van der Waals surface area contributed by atoms with E-state index in [2.05, 4.69) is 10.2 Å². The zero-order valence-electron chi connectivity index (χ0n) is 12.3. The highest BCUT2D eigenvalue weighted by molar-refractivity contribution is 5.90. The van der Waals surface area contributed by atoms with E-state index in [4.69, 9.17) is 10.3 Å². The third kappa shape index (κ3) is 2.38. The molecule has 4 aromatic rings. The lowest BCUT2D eigenvalue weighted by Gasteiger charge is -1.98. The number of hydrogen-bond donors (Lipinski definition) is 1. The molecule has 0 spiro atoms. The van der Waals surface area contributed by atoms with Crippen molar-refractivity contribution in [2.24, 2.45) is 10.9 Å². The van der Waals surface area contributed by atoms with Crippen LogP contribution in [0, 0.1) is 0 Å². The number of benzene rings is 2. The van der Waals surface area contributed by atoms with Crippen molar-refractivity contribution in [1.29, 1.82) is 0 Å². The average molecular weight is 302 g/mol. The summed E-state index contributed by atoms with van der Waals surface area (Å²) < 4.78 is 7.70. The van der Waals surface area contributed by atoms with Gasteiger partial charge in [-0.2, -0.15) is 10.2 Å². The molecule has 0 amide bonds. The fraction of sp³-hybridized carbons (Fsp3) is 0. The fourth-order valence-electron chi connectivity index (χ4n) is 2.57. The minimum Gasteiger partial charge on any atom is -0.454 e. The summed E-state index contributed by atoms with van der Waals surface area (Å²) in [6.07, 6.45) is 3.46. The van der Waals surface area contributed by atoms with E-state index >= 15 is 0 Å². The minimum atomic E-state index is 0.691. The first-order valence-electron chi connectivity index (χ1n) is 7.22. The average Bonchev–Trinajstić information content (AvgIpc) is 3.19. The molecule has 4 rings (SSSR count). The molecule has 0 aliphatic heterocycles. The Hall–Kier alpha value is -3.34. The largest absolute Gasteiger partial charge is 0.454 e. The van der Waals surface area contributed by atoms with Gasteiger partial charge in [-0.05, 0) is 24.3 Å². The molecule has 2 aromatic heterocycles. The Morgan fingerprint density at radius 2 is 1.83 bits per heavy atom. The second-order valence-corrected chi connectivity index (χ2v) is 5.14. The van der Waals surface area contributed by atoms with Crippen molar-refractivity contribution in [2.45, 2.75) is 0 Å². The maximum Gasteiger partial charge on any atom is 0.156 e. The Morgan fingerprint density at radius 3 is 2.61 bits per heavy atom. The summed E-state index contributed by atoms with van der Waals surface area (Å²) in [6.45, 7) is 0. The molecule has 2 aromatic carbocycles. The molecule has 23 heavy (non-hydrogen) atoms. The molecule has 0 aliphatic carbocycles. The van der Waals surface area contributed by atoms with Crippen LogP contribution >= 0.6 is 0 Å². The lowest BCUT2D eigenvalue weighted by Crippen LogP contribution is -1.93. The second kappa shape index (κ2) is 5.46. The van der Waals surface area contributed by atoms with Gasteiger partial charge in [-0.3, -0.25) is 0 Å². The van der Waals surface area contributed by atoms with Gasteiger partial charge in [0.05, 0.1) is 11.9 Å². The van der Waals surface area contributed by atoms with Gasteiger partial charge in [0.15, 0.2) is 5.76 Å². The molecule has 0 saturated heterocycles. The zero-order chi connectivity index (χ0) is 15.6. The van der Waals surface area contributed by atoms with Gasteiger partial charge in [0.2, 0.25) is 0 Å². The summed E-state index contributed by atoms with van der Waals surface area (Å²) in [5.74, 6) is 6.02. The molecule has 0 bridgehead atoms. The quantitative estimate of drug-likeness (QED) is 0.357. The molecule has 2 heterocycles. The van der Waals surface area contributed by atoms with Crippen LogP contribution in [0.5, 0.6) is 0 Å². The zero-order valence-corrected chi connectivity index (χ0v) is 12.3. The molecule has 5 heteroatoms. The first-order valence-corrected chi connectivity index (χ1v) is 7.22. The van der Waals surface area contributed by atoms with Crippen LogP contribution in [0.3, 0.4) is 0 Å². The van der Waals surface area contributed by atoms with Gasteiger partial charge in [0, 0.05) is 17.1 Å². The van der Waals surface area contributed by atoms with E-state index < -0.39 is 0 Å². The Bertz CT molecular complexity index is 950. The van der Waals surface area contributed by atoms with Crippen LogP contribution in [-0.2, 0) is 0 Å². The lowest BCUT2D eigenvalue weighted by molar-refractivity contribution is 0.627. The third-order valence-electron chi connectivity index (χ3n) is 3.64. The van der Waals surface area contributed by atoms with Gasteiger partial charge < -0.3 is 10.3 Å².